The summed E-state index contributed by atoms with van der Waals surface area (Å²) in [5.74, 6) is 0.872. The monoisotopic (exact) mass is 309 g/mol. The van der Waals surface area contributed by atoms with Gasteiger partial charge in [0.1, 0.15) is 5.76 Å². The lowest BCUT2D eigenvalue weighted by Crippen LogP contribution is -2.24. The molecule has 2 atom stereocenters. The third-order valence-electron chi connectivity index (χ3n) is 2.82. The van der Waals surface area contributed by atoms with Crippen molar-refractivity contribution in [2.24, 2.45) is 0 Å². The SMILES string of the molecule is C[C@H](NCC(O)c1cccc(Br)c1)c1ccco1. The van der Waals surface area contributed by atoms with E-state index in [1.165, 1.54) is 0 Å². The lowest BCUT2D eigenvalue weighted by atomic mass is 10.1. The Labute approximate surface area is 115 Å². The highest BCUT2D eigenvalue weighted by atomic mass is 79.9. The molecule has 1 aromatic carbocycles. The summed E-state index contributed by atoms with van der Waals surface area (Å²) in [6, 6.07) is 11.6. The number of furan rings is 1. The topological polar surface area (TPSA) is 45.4 Å². The zero-order chi connectivity index (χ0) is 13.0. The predicted octanol–water partition coefficient (Wildman–Crippen LogP) is 3.43. The van der Waals surface area contributed by atoms with Crippen LogP contribution in [0.25, 0.3) is 0 Å². The van der Waals surface area contributed by atoms with Crippen molar-refractivity contribution in [3.8, 4) is 0 Å². The summed E-state index contributed by atoms with van der Waals surface area (Å²) in [5, 5.41) is 13.3. The van der Waals surface area contributed by atoms with E-state index in [1.54, 1.807) is 6.26 Å². The van der Waals surface area contributed by atoms with Crippen LogP contribution >= 0.6 is 15.9 Å². The van der Waals surface area contributed by atoms with Gasteiger partial charge in [-0.25, -0.2) is 0 Å². The Morgan fingerprint density at radius 2 is 2.17 bits per heavy atom. The largest absolute Gasteiger partial charge is 0.468 e. The Balaban J connectivity index is 1.90. The number of benzene rings is 1. The van der Waals surface area contributed by atoms with Crippen LogP contribution in [0, 0.1) is 0 Å². The summed E-state index contributed by atoms with van der Waals surface area (Å²) < 4.78 is 6.27. The van der Waals surface area contributed by atoms with E-state index in [1.807, 2.05) is 43.3 Å². The Bertz CT molecular complexity index is 484. The second-order valence-corrected chi connectivity index (χ2v) is 5.13. The molecule has 0 spiro atoms. The number of halogens is 1. The first-order valence-corrected chi connectivity index (χ1v) is 6.66. The molecule has 1 aromatic heterocycles. The van der Waals surface area contributed by atoms with Gasteiger partial charge in [-0.05, 0) is 36.8 Å². The fraction of sp³-hybridized carbons (Fsp3) is 0.286. The minimum Gasteiger partial charge on any atom is -0.468 e. The Morgan fingerprint density at radius 3 is 2.83 bits per heavy atom. The quantitative estimate of drug-likeness (QED) is 0.889. The number of aliphatic hydroxyl groups excluding tert-OH is 1. The fourth-order valence-corrected chi connectivity index (χ4v) is 2.18. The number of nitrogens with one attached hydrogen (secondary N) is 1. The van der Waals surface area contributed by atoms with Gasteiger partial charge in [0.2, 0.25) is 0 Å². The van der Waals surface area contributed by atoms with E-state index in [-0.39, 0.29) is 6.04 Å². The molecule has 0 amide bonds. The molecule has 4 heteroatoms. The second-order valence-electron chi connectivity index (χ2n) is 4.22. The molecule has 2 N–H and O–H groups in total. The van der Waals surface area contributed by atoms with E-state index in [0.29, 0.717) is 6.54 Å². The first-order valence-electron chi connectivity index (χ1n) is 5.87. The molecule has 0 aliphatic carbocycles. The molecule has 1 unspecified atom stereocenters. The van der Waals surface area contributed by atoms with Gasteiger partial charge in [0.15, 0.2) is 0 Å². The smallest absolute Gasteiger partial charge is 0.120 e. The van der Waals surface area contributed by atoms with Crippen LogP contribution in [0.5, 0.6) is 0 Å². The van der Waals surface area contributed by atoms with Crippen LogP contribution in [0.15, 0.2) is 51.6 Å². The van der Waals surface area contributed by atoms with Gasteiger partial charge in [0, 0.05) is 11.0 Å². The van der Waals surface area contributed by atoms with Crippen LogP contribution in [-0.4, -0.2) is 11.7 Å². The van der Waals surface area contributed by atoms with Gasteiger partial charge in [-0.3, -0.25) is 0 Å². The molecular weight excluding hydrogens is 294 g/mol. The molecule has 3 nitrogen and oxygen atoms in total. The van der Waals surface area contributed by atoms with Gasteiger partial charge in [0.25, 0.3) is 0 Å². The molecule has 18 heavy (non-hydrogen) atoms. The molecular formula is C14H16BrNO2. The molecule has 2 aromatic rings. The van der Waals surface area contributed by atoms with Crippen LogP contribution in [-0.2, 0) is 0 Å². The average Bonchev–Trinajstić information content (AvgIpc) is 2.89. The summed E-state index contributed by atoms with van der Waals surface area (Å²) in [4.78, 5) is 0. The van der Waals surface area contributed by atoms with Crippen molar-refractivity contribution in [1.29, 1.82) is 0 Å². The zero-order valence-corrected chi connectivity index (χ0v) is 11.7. The van der Waals surface area contributed by atoms with Crippen molar-refractivity contribution >= 4 is 15.9 Å². The van der Waals surface area contributed by atoms with Crippen molar-refractivity contribution < 1.29 is 9.52 Å². The third-order valence-corrected chi connectivity index (χ3v) is 3.31. The van der Waals surface area contributed by atoms with Gasteiger partial charge in [-0.15, -0.1) is 0 Å². The molecule has 0 fully saturated rings. The maximum atomic E-state index is 10.1. The van der Waals surface area contributed by atoms with E-state index >= 15 is 0 Å². The Morgan fingerprint density at radius 1 is 1.33 bits per heavy atom. The first kappa shape index (κ1) is 13.3. The fourth-order valence-electron chi connectivity index (χ4n) is 1.76. The van der Waals surface area contributed by atoms with E-state index < -0.39 is 6.10 Å². The maximum Gasteiger partial charge on any atom is 0.120 e. The molecule has 0 saturated heterocycles. The molecule has 2 rings (SSSR count). The summed E-state index contributed by atoms with van der Waals surface area (Å²) in [7, 11) is 0. The standard InChI is InChI=1S/C14H16BrNO2/c1-10(14-6-3-7-18-14)16-9-13(17)11-4-2-5-12(15)8-11/h2-8,10,13,16-17H,9H2,1H3/t10-,13?/m0/s1. The third kappa shape index (κ3) is 3.45. The number of hydrogen-bond acceptors (Lipinski definition) is 3. The van der Waals surface area contributed by atoms with Gasteiger partial charge in [-0.2, -0.15) is 0 Å². The van der Waals surface area contributed by atoms with E-state index in [4.69, 9.17) is 4.42 Å². The van der Waals surface area contributed by atoms with Gasteiger partial charge >= 0.3 is 0 Å². The van der Waals surface area contributed by atoms with E-state index in [9.17, 15) is 5.11 Å². The highest BCUT2D eigenvalue weighted by Crippen LogP contribution is 2.19. The van der Waals surface area contributed by atoms with Crippen molar-refractivity contribution in [2.75, 3.05) is 6.54 Å². The normalized spacial score (nSPS) is 14.4. The van der Waals surface area contributed by atoms with Crippen LogP contribution in [0.4, 0.5) is 0 Å². The first-order chi connectivity index (χ1) is 8.66. The molecule has 0 aliphatic heterocycles. The number of rotatable bonds is 5. The van der Waals surface area contributed by atoms with Crippen molar-refractivity contribution in [3.05, 3.63) is 58.5 Å². The maximum absolute atomic E-state index is 10.1. The summed E-state index contributed by atoms with van der Waals surface area (Å²) in [5.41, 5.74) is 0.892. The molecule has 1 heterocycles. The van der Waals surface area contributed by atoms with E-state index in [0.717, 1.165) is 15.8 Å². The van der Waals surface area contributed by atoms with Crippen LogP contribution in [0.1, 0.15) is 30.4 Å². The van der Waals surface area contributed by atoms with Crippen molar-refractivity contribution in [3.63, 3.8) is 0 Å². The predicted molar refractivity (Wildman–Crippen MR) is 74.2 cm³/mol. The Kier molecular flexibility index (Phi) is 4.58. The molecule has 0 radical (unpaired) electrons. The van der Waals surface area contributed by atoms with Gasteiger partial charge < -0.3 is 14.8 Å². The van der Waals surface area contributed by atoms with Crippen molar-refractivity contribution in [2.45, 2.75) is 19.1 Å². The van der Waals surface area contributed by atoms with Crippen LogP contribution in [0.3, 0.4) is 0 Å². The number of aliphatic hydroxyl groups is 1. The lowest BCUT2D eigenvalue weighted by molar-refractivity contribution is 0.169. The minimum absolute atomic E-state index is 0.0850. The Hall–Kier alpha value is -1.10. The average molecular weight is 310 g/mol. The summed E-state index contributed by atoms with van der Waals surface area (Å²) in [6.07, 6.45) is 1.12. The zero-order valence-electron chi connectivity index (χ0n) is 10.1. The summed E-state index contributed by atoms with van der Waals surface area (Å²) >= 11 is 3.40. The second kappa shape index (κ2) is 6.18. The molecule has 0 aliphatic rings. The summed E-state index contributed by atoms with van der Waals surface area (Å²) in [6.45, 7) is 2.49. The van der Waals surface area contributed by atoms with E-state index in [2.05, 4.69) is 21.2 Å². The van der Waals surface area contributed by atoms with Gasteiger partial charge in [0.05, 0.1) is 18.4 Å². The van der Waals surface area contributed by atoms with Crippen LogP contribution in [0.2, 0.25) is 0 Å². The lowest BCUT2D eigenvalue weighted by Gasteiger charge is -2.16. The highest BCUT2D eigenvalue weighted by Gasteiger charge is 2.12. The van der Waals surface area contributed by atoms with Crippen LogP contribution < -0.4 is 5.32 Å². The molecule has 0 bridgehead atoms. The molecule has 0 saturated carbocycles. The highest BCUT2D eigenvalue weighted by molar-refractivity contribution is 9.10. The van der Waals surface area contributed by atoms with Gasteiger partial charge in [-0.1, -0.05) is 28.1 Å². The van der Waals surface area contributed by atoms with Crippen molar-refractivity contribution in [1.82, 2.24) is 5.32 Å². The number of hydrogen-bond donors (Lipinski definition) is 2. The molecule has 96 valence electrons. The minimum atomic E-state index is -0.528.